The predicted octanol–water partition coefficient (Wildman–Crippen LogP) is 3.91. The van der Waals surface area contributed by atoms with E-state index >= 15 is 0 Å². The lowest BCUT2D eigenvalue weighted by Gasteiger charge is -2.35. The van der Waals surface area contributed by atoms with Crippen molar-refractivity contribution in [2.45, 2.75) is 25.7 Å². The number of nitrogens with one attached hydrogen (secondary N) is 1. The summed E-state index contributed by atoms with van der Waals surface area (Å²) in [4.78, 5) is 0. The SMILES string of the molecule is CC1NCC1Oc1cc(Br)ccc1OCc1cccc(F)c1. The Hall–Kier alpha value is -1.59. The minimum atomic E-state index is -0.261. The Bertz CT molecular complexity index is 665. The van der Waals surface area contributed by atoms with Crippen LogP contribution in [0.3, 0.4) is 0 Å². The number of hydrogen-bond acceptors (Lipinski definition) is 3. The fourth-order valence-electron chi connectivity index (χ4n) is 2.24. The van der Waals surface area contributed by atoms with Crippen LogP contribution in [0.25, 0.3) is 0 Å². The summed E-state index contributed by atoms with van der Waals surface area (Å²) in [5.74, 6) is 1.10. The highest BCUT2D eigenvalue weighted by Crippen LogP contribution is 2.33. The average Bonchev–Trinajstić information content (AvgIpc) is 2.50. The van der Waals surface area contributed by atoms with Gasteiger partial charge in [-0.1, -0.05) is 28.1 Å². The lowest BCUT2D eigenvalue weighted by atomic mass is 10.1. The van der Waals surface area contributed by atoms with E-state index in [1.54, 1.807) is 6.07 Å². The molecule has 1 N–H and O–H groups in total. The van der Waals surface area contributed by atoms with E-state index in [0.29, 0.717) is 24.1 Å². The van der Waals surface area contributed by atoms with Gasteiger partial charge in [0.15, 0.2) is 11.5 Å². The van der Waals surface area contributed by atoms with E-state index in [0.717, 1.165) is 16.6 Å². The van der Waals surface area contributed by atoms with Crippen LogP contribution < -0.4 is 14.8 Å². The van der Waals surface area contributed by atoms with E-state index in [1.807, 2.05) is 24.3 Å². The van der Waals surface area contributed by atoms with Crippen LogP contribution in [0, 0.1) is 5.82 Å². The molecule has 0 bridgehead atoms. The molecule has 5 heteroatoms. The second kappa shape index (κ2) is 6.67. The molecular weight excluding hydrogens is 349 g/mol. The second-order valence-corrected chi connectivity index (χ2v) is 6.28. The minimum absolute atomic E-state index is 0.144. The summed E-state index contributed by atoms with van der Waals surface area (Å²) < 4.78 is 25.9. The largest absolute Gasteiger partial charge is 0.485 e. The zero-order chi connectivity index (χ0) is 15.5. The Kier molecular flexibility index (Phi) is 4.64. The van der Waals surface area contributed by atoms with Crippen molar-refractivity contribution in [3.8, 4) is 11.5 Å². The van der Waals surface area contributed by atoms with Gasteiger partial charge in [0.05, 0.1) is 0 Å². The van der Waals surface area contributed by atoms with Crippen LogP contribution in [0.4, 0.5) is 4.39 Å². The van der Waals surface area contributed by atoms with Gasteiger partial charge in [0.1, 0.15) is 18.5 Å². The van der Waals surface area contributed by atoms with Crippen molar-refractivity contribution >= 4 is 15.9 Å². The molecule has 1 heterocycles. The molecule has 22 heavy (non-hydrogen) atoms. The molecule has 0 spiro atoms. The van der Waals surface area contributed by atoms with Crippen molar-refractivity contribution in [3.05, 3.63) is 58.3 Å². The molecule has 1 aliphatic heterocycles. The average molecular weight is 366 g/mol. The maximum atomic E-state index is 13.2. The highest BCUT2D eigenvalue weighted by molar-refractivity contribution is 9.10. The van der Waals surface area contributed by atoms with Crippen LogP contribution in [-0.2, 0) is 6.61 Å². The molecule has 2 aromatic rings. The number of rotatable bonds is 5. The molecule has 116 valence electrons. The van der Waals surface area contributed by atoms with E-state index in [9.17, 15) is 4.39 Å². The van der Waals surface area contributed by atoms with E-state index in [-0.39, 0.29) is 11.9 Å². The molecule has 2 atom stereocenters. The molecule has 3 rings (SSSR count). The van der Waals surface area contributed by atoms with Gasteiger partial charge in [-0.05, 0) is 42.8 Å². The van der Waals surface area contributed by atoms with Crippen LogP contribution in [0.2, 0.25) is 0 Å². The molecule has 0 aliphatic carbocycles. The van der Waals surface area contributed by atoms with Gasteiger partial charge >= 0.3 is 0 Å². The molecule has 1 aliphatic rings. The maximum absolute atomic E-state index is 13.2. The molecule has 1 fully saturated rings. The molecular formula is C17H17BrFNO2. The smallest absolute Gasteiger partial charge is 0.162 e. The monoisotopic (exact) mass is 365 g/mol. The lowest BCUT2D eigenvalue weighted by molar-refractivity contribution is 0.0890. The van der Waals surface area contributed by atoms with E-state index in [4.69, 9.17) is 9.47 Å². The van der Waals surface area contributed by atoms with Crippen LogP contribution in [0.1, 0.15) is 12.5 Å². The molecule has 2 aromatic carbocycles. The summed E-state index contributed by atoms with van der Waals surface area (Å²) in [7, 11) is 0. The zero-order valence-corrected chi connectivity index (χ0v) is 13.8. The van der Waals surface area contributed by atoms with E-state index < -0.39 is 0 Å². The number of hydrogen-bond donors (Lipinski definition) is 1. The summed E-state index contributed by atoms with van der Waals surface area (Å²) in [5, 5.41) is 3.26. The Morgan fingerprint density at radius 1 is 1.23 bits per heavy atom. The maximum Gasteiger partial charge on any atom is 0.162 e. The summed E-state index contributed by atoms with van der Waals surface area (Å²) in [6.45, 7) is 3.21. The molecule has 1 saturated heterocycles. The third-order valence-electron chi connectivity index (χ3n) is 3.67. The van der Waals surface area contributed by atoms with E-state index in [2.05, 4.69) is 28.2 Å². The first kappa shape index (κ1) is 15.3. The molecule has 2 unspecified atom stereocenters. The van der Waals surface area contributed by atoms with Gasteiger partial charge in [-0.2, -0.15) is 0 Å². The van der Waals surface area contributed by atoms with Crippen LogP contribution in [0.15, 0.2) is 46.9 Å². The van der Waals surface area contributed by atoms with Crippen molar-refractivity contribution in [1.29, 1.82) is 0 Å². The van der Waals surface area contributed by atoms with Gasteiger partial charge in [0.25, 0.3) is 0 Å². The Morgan fingerprint density at radius 2 is 2.09 bits per heavy atom. The summed E-state index contributed by atoms with van der Waals surface area (Å²) in [6.07, 6.45) is 0.144. The Balaban J connectivity index is 1.72. The highest BCUT2D eigenvalue weighted by Gasteiger charge is 2.28. The highest BCUT2D eigenvalue weighted by atomic mass is 79.9. The van der Waals surface area contributed by atoms with Crippen molar-refractivity contribution in [1.82, 2.24) is 5.32 Å². The minimum Gasteiger partial charge on any atom is -0.485 e. The second-order valence-electron chi connectivity index (χ2n) is 5.36. The van der Waals surface area contributed by atoms with Crippen molar-refractivity contribution in [3.63, 3.8) is 0 Å². The van der Waals surface area contributed by atoms with Crippen LogP contribution in [0.5, 0.6) is 11.5 Å². The number of halogens is 2. The fraction of sp³-hybridized carbons (Fsp3) is 0.294. The van der Waals surface area contributed by atoms with Crippen molar-refractivity contribution in [2.75, 3.05) is 6.54 Å². The third-order valence-corrected chi connectivity index (χ3v) is 4.16. The summed E-state index contributed by atoms with van der Waals surface area (Å²) in [6, 6.07) is 12.4. The lowest BCUT2D eigenvalue weighted by Crippen LogP contribution is -2.58. The van der Waals surface area contributed by atoms with Gasteiger partial charge in [0, 0.05) is 17.1 Å². The first-order valence-corrected chi connectivity index (χ1v) is 7.98. The molecule has 0 radical (unpaired) electrons. The molecule has 0 amide bonds. The van der Waals surface area contributed by atoms with Gasteiger partial charge in [-0.25, -0.2) is 4.39 Å². The zero-order valence-electron chi connectivity index (χ0n) is 12.2. The number of ether oxygens (including phenoxy) is 2. The Morgan fingerprint density at radius 3 is 2.77 bits per heavy atom. The van der Waals surface area contributed by atoms with Gasteiger partial charge in [-0.15, -0.1) is 0 Å². The quantitative estimate of drug-likeness (QED) is 0.871. The number of benzene rings is 2. The Labute approximate surface area is 137 Å². The van der Waals surface area contributed by atoms with Crippen LogP contribution >= 0.6 is 15.9 Å². The molecule has 0 saturated carbocycles. The van der Waals surface area contributed by atoms with Gasteiger partial charge in [0.2, 0.25) is 0 Å². The predicted molar refractivity (Wildman–Crippen MR) is 86.8 cm³/mol. The topological polar surface area (TPSA) is 30.5 Å². The van der Waals surface area contributed by atoms with Gasteiger partial charge in [-0.3, -0.25) is 0 Å². The summed E-state index contributed by atoms with van der Waals surface area (Å²) in [5.41, 5.74) is 0.785. The van der Waals surface area contributed by atoms with Crippen LogP contribution in [-0.4, -0.2) is 18.7 Å². The first-order chi connectivity index (χ1) is 10.6. The standard InChI is InChI=1S/C17H17BrFNO2/c1-11-17(9-20-11)22-16-8-13(18)5-6-15(16)21-10-12-3-2-4-14(19)7-12/h2-8,11,17,20H,9-10H2,1H3. The molecule has 3 nitrogen and oxygen atoms in total. The molecule has 0 aromatic heterocycles. The first-order valence-electron chi connectivity index (χ1n) is 7.18. The third kappa shape index (κ3) is 3.59. The fourth-order valence-corrected chi connectivity index (χ4v) is 2.58. The van der Waals surface area contributed by atoms with Gasteiger partial charge < -0.3 is 14.8 Å². The summed E-state index contributed by atoms with van der Waals surface area (Å²) >= 11 is 3.45. The normalized spacial score (nSPS) is 20.3. The van der Waals surface area contributed by atoms with Crippen molar-refractivity contribution < 1.29 is 13.9 Å². The van der Waals surface area contributed by atoms with Crippen molar-refractivity contribution in [2.24, 2.45) is 0 Å². The van der Waals surface area contributed by atoms with E-state index in [1.165, 1.54) is 12.1 Å².